The van der Waals surface area contributed by atoms with Gasteiger partial charge in [-0.05, 0) is 52.6 Å². The summed E-state index contributed by atoms with van der Waals surface area (Å²) in [6.45, 7) is 9.29. The minimum Gasteiger partial charge on any atom is -0.339 e. The van der Waals surface area contributed by atoms with E-state index in [9.17, 15) is 13.2 Å². The fraction of sp³-hybridized carbons (Fsp3) is 0.929. The largest absolute Gasteiger partial charge is 0.339 e. The maximum absolute atomic E-state index is 11.0. The molecule has 0 aromatic carbocycles. The van der Waals surface area contributed by atoms with E-state index in [0.717, 1.165) is 18.9 Å². The average Bonchev–Trinajstić information content (AvgIpc) is 2.96. The molecular formula is C14H29N3O3S. The van der Waals surface area contributed by atoms with Gasteiger partial charge in [-0.15, -0.1) is 0 Å². The number of hydrogen-bond donors (Lipinski definition) is 1. The molecule has 1 amide bonds. The molecule has 1 unspecified atom stereocenters. The zero-order valence-electron chi connectivity index (χ0n) is 13.4. The number of nitrogens with two attached hydrogens (primary N) is 1. The molecule has 1 atom stereocenters. The van der Waals surface area contributed by atoms with E-state index in [1.54, 1.807) is 4.90 Å². The molecule has 0 aromatic rings. The Labute approximate surface area is 128 Å². The quantitative estimate of drug-likeness (QED) is 0.833. The SMILES string of the molecule is CC(=O)N1CCCC1CS(N)(=O)=O.CC(C)N1CCCC1. The molecule has 0 saturated carbocycles. The second-order valence-electron chi connectivity index (χ2n) is 6.17. The first-order chi connectivity index (χ1) is 9.70. The van der Waals surface area contributed by atoms with Crippen molar-refractivity contribution < 1.29 is 13.2 Å². The Bertz CT molecular complexity index is 431. The third kappa shape index (κ3) is 6.76. The fourth-order valence-corrected chi connectivity index (χ4v) is 3.83. The van der Waals surface area contributed by atoms with Crippen LogP contribution in [0.1, 0.15) is 46.5 Å². The summed E-state index contributed by atoms with van der Waals surface area (Å²) in [4.78, 5) is 15.1. The number of nitrogens with zero attached hydrogens (tertiary/aromatic N) is 2. The lowest BCUT2D eigenvalue weighted by Crippen LogP contribution is -2.39. The molecule has 2 N–H and O–H groups in total. The van der Waals surface area contributed by atoms with E-state index >= 15 is 0 Å². The number of carbonyl (C=O) groups is 1. The van der Waals surface area contributed by atoms with Crippen LogP contribution in [0.5, 0.6) is 0 Å². The molecule has 2 fully saturated rings. The van der Waals surface area contributed by atoms with E-state index in [1.165, 1.54) is 32.9 Å². The number of hydrogen-bond acceptors (Lipinski definition) is 4. The van der Waals surface area contributed by atoms with Gasteiger partial charge in [0.2, 0.25) is 15.9 Å². The summed E-state index contributed by atoms with van der Waals surface area (Å²) in [6, 6.07) is 0.560. The van der Waals surface area contributed by atoms with Gasteiger partial charge < -0.3 is 9.80 Å². The summed E-state index contributed by atoms with van der Waals surface area (Å²) in [5, 5.41) is 4.91. The van der Waals surface area contributed by atoms with Crippen molar-refractivity contribution in [3.8, 4) is 0 Å². The zero-order valence-corrected chi connectivity index (χ0v) is 14.2. The lowest BCUT2D eigenvalue weighted by Gasteiger charge is -2.21. The molecule has 0 bridgehead atoms. The first kappa shape index (κ1) is 18.4. The van der Waals surface area contributed by atoms with Crippen molar-refractivity contribution in [2.45, 2.75) is 58.5 Å². The zero-order chi connectivity index (χ0) is 16.0. The Morgan fingerprint density at radius 2 is 1.76 bits per heavy atom. The highest BCUT2D eigenvalue weighted by atomic mass is 32.2. The van der Waals surface area contributed by atoms with E-state index in [2.05, 4.69) is 18.7 Å². The average molecular weight is 319 g/mol. The second kappa shape index (κ2) is 8.10. The van der Waals surface area contributed by atoms with E-state index in [0.29, 0.717) is 6.54 Å². The van der Waals surface area contributed by atoms with Crippen LogP contribution in [-0.2, 0) is 14.8 Å². The summed E-state index contributed by atoms with van der Waals surface area (Å²) in [5.74, 6) is -0.196. The Balaban J connectivity index is 0.000000235. The van der Waals surface area contributed by atoms with Crippen LogP contribution < -0.4 is 5.14 Å². The lowest BCUT2D eigenvalue weighted by molar-refractivity contribution is -0.129. The van der Waals surface area contributed by atoms with Crippen LogP contribution in [0.25, 0.3) is 0 Å². The third-order valence-corrected chi connectivity index (χ3v) is 4.93. The smallest absolute Gasteiger partial charge is 0.219 e. The minimum absolute atomic E-state index is 0.0776. The summed E-state index contributed by atoms with van der Waals surface area (Å²) in [7, 11) is -3.47. The van der Waals surface area contributed by atoms with Crippen LogP contribution in [0, 0.1) is 0 Å². The molecule has 7 heteroatoms. The summed E-state index contributed by atoms with van der Waals surface area (Å²) in [5.41, 5.74) is 0. The summed E-state index contributed by atoms with van der Waals surface area (Å²) in [6.07, 6.45) is 4.42. The van der Waals surface area contributed by atoms with Gasteiger partial charge in [0.05, 0.1) is 5.75 Å². The molecule has 2 aliphatic rings. The van der Waals surface area contributed by atoms with Gasteiger partial charge in [0.15, 0.2) is 0 Å². The second-order valence-corrected chi connectivity index (χ2v) is 7.83. The van der Waals surface area contributed by atoms with Crippen molar-refractivity contribution in [1.29, 1.82) is 0 Å². The van der Waals surface area contributed by atoms with Crippen LogP contribution in [0.15, 0.2) is 0 Å². The normalized spacial score (nSPS) is 23.3. The number of carbonyl (C=O) groups excluding carboxylic acids is 1. The summed E-state index contributed by atoms with van der Waals surface area (Å²) >= 11 is 0. The molecule has 0 aromatic heterocycles. The molecule has 21 heavy (non-hydrogen) atoms. The maximum atomic E-state index is 11.0. The van der Waals surface area contributed by atoms with E-state index in [-0.39, 0.29) is 17.7 Å². The Hall–Kier alpha value is -0.660. The van der Waals surface area contributed by atoms with E-state index < -0.39 is 10.0 Å². The van der Waals surface area contributed by atoms with Crippen molar-refractivity contribution in [3.63, 3.8) is 0 Å². The topological polar surface area (TPSA) is 83.7 Å². The molecule has 2 saturated heterocycles. The van der Waals surface area contributed by atoms with Gasteiger partial charge >= 0.3 is 0 Å². The van der Waals surface area contributed by atoms with Crippen molar-refractivity contribution in [1.82, 2.24) is 9.80 Å². The van der Waals surface area contributed by atoms with Gasteiger partial charge in [0, 0.05) is 25.6 Å². The first-order valence-electron chi connectivity index (χ1n) is 7.72. The van der Waals surface area contributed by atoms with E-state index in [4.69, 9.17) is 5.14 Å². The Kier molecular flexibility index (Phi) is 7.09. The monoisotopic (exact) mass is 319 g/mol. The van der Waals surface area contributed by atoms with Crippen LogP contribution in [-0.4, -0.2) is 61.6 Å². The molecule has 0 radical (unpaired) electrons. The molecule has 0 spiro atoms. The third-order valence-electron chi connectivity index (χ3n) is 4.08. The molecule has 2 rings (SSSR count). The van der Waals surface area contributed by atoms with Crippen LogP contribution in [0.4, 0.5) is 0 Å². The standard InChI is InChI=1S/C7H14N2O3S.C7H15N/c1-6(10)9-4-2-3-7(9)5-13(8,11)12;1-7(2)8-5-3-4-6-8/h7H,2-5H2,1H3,(H2,8,11,12);7H,3-6H2,1-2H3. The van der Waals surface area contributed by atoms with Gasteiger partial charge in [-0.1, -0.05) is 0 Å². The predicted octanol–water partition coefficient (Wildman–Crippen LogP) is 0.776. The highest BCUT2D eigenvalue weighted by Crippen LogP contribution is 2.17. The fourth-order valence-electron chi connectivity index (χ4n) is 2.95. The van der Waals surface area contributed by atoms with Gasteiger partial charge in [-0.3, -0.25) is 4.79 Å². The van der Waals surface area contributed by atoms with Crippen LogP contribution >= 0.6 is 0 Å². The maximum Gasteiger partial charge on any atom is 0.219 e. The van der Waals surface area contributed by atoms with Gasteiger partial charge in [0.1, 0.15) is 0 Å². The minimum atomic E-state index is -3.47. The Morgan fingerprint density at radius 1 is 1.19 bits per heavy atom. The highest BCUT2D eigenvalue weighted by Gasteiger charge is 2.29. The number of primary sulfonamides is 1. The van der Waals surface area contributed by atoms with Crippen molar-refractivity contribution in [3.05, 3.63) is 0 Å². The van der Waals surface area contributed by atoms with Gasteiger partial charge in [0.25, 0.3) is 0 Å². The van der Waals surface area contributed by atoms with Crippen molar-refractivity contribution in [2.24, 2.45) is 5.14 Å². The number of sulfonamides is 1. The van der Waals surface area contributed by atoms with Gasteiger partial charge in [-0.2, -0.15) is 0 Å². The van der Waals surface area contributed by atoms with Gasteiger partial charge in [-0.25, -0.2) is 13.6 Å². The number of rotatable bonds is 3. The molecule has 0 aliphatic carbocycles. The molecule has 2 aliphatic heterocycles. The lowest BCUT2D eigenvalue weighted by atomic mass is 10.2. The number of amides is 1. The van der Waals surface area contributed by atoms with Crippen LogP contribution in [0.2, 0.25) is 0 Å². The highest BCUT2D eigenvalue weighted by molar-refractivity contribution is 7.89. The van der Waals surface area contributed by atoms with E-state index in [1.807, 2.05) is 0 Å². The molecule has 2 heterocycles. The first-order valence-corrected chi connectivity index (χ1v) is 9.44. The van der Waals surface area contributed by atoms with Crippen LogP contribution in [0.3, 0.4) is 0 Å². The van der Waals surface area contributed by atoms with Crippen molar-refractivity contribution >= 4 is 15.9 Å². The molecule has 124 valence electrons. The summed E-state index contributed by atoms with van der Waals surface area (Å²) < 4.78 is 21.6. The number of likely N-dealkylation sites (tertiary alicyclic amines) is 2. The molecule has 6 nitrogen and oxygen atoms in total. The van der Waals surface area contributed by atoms with Crippen molar-refractivity contribution in [2.75, 3.05) is 25.4 Å². The predicted molar refractivity (Wildman–Crippen MR) is 84.3 cm³/mol. The molecular weight excluding hydrogens is 290 g/mol. The Morgan fingerprint density at radius 3 is 2.14 bits per heavy atom.